The lowest BCUT2D eigenvalue weighted by Crippen LogP contribution is -2.51. The highest BCUT2D eigenvalue weighted by Crippen LogP contribution is 2.32. The monoisotopic (exact) mass is 487 g/mol. The van der Waals surface area contributed by atoms with Crippen LogP contribution in [0.4, 0.5) is 4.79 Å². The van der Waals surface area contributed by atoms with Gasteiger partial charge in [0.25, 0.3) is 11.8 Å². The van der Waals surface area contributed by atoms with Crippen LogP contribution >= 0.6 is 11.6 Å². The van der Waals surface area contributed by atoms with Crippen LogP contribution in [0, 0.1) is 0 Å². The Morgan fingerprint density at radius 3 is 2.24 bits per heavy atom. The number of nitrogens with zero attached hydrogens (tertiary/aromatic N) is 2. The minimum atomic E-state index is -0.640. The molecule has 3 rings (SSSR count). The third kappa shape index (κ3) is 6.20. The van der Waals surface area contributed by atoms with Crippen LogP contribution in [0.5, 0.6) is 5.75 Å². The fraction of sp³-hybridized carbons (Fsp3) is 0.400. The van der Waals surface area contributed by atoms with Crippen molar-refractivity contribution in [1.82, 2.24) is 9.80 Å². The molecule has 0 bridgehead atoms. The average Bonchev–Trinajstić information content (AvgIpc) is 2.78. The first-order valence-electron chi connectivity index (χ1n) is 11.1. The van der Waals surface area contributed by atoms with E-state index in [0.29, 0.717) is 31.7 Å². The molecule has 0 spiro atoms. The van der Waals surface area contributed by atoms with Gasteiger partial charge in [-0.1, -0.05) is 29.8 Å². The van der Waals surface area contributed by atoms with E-state index in [-0.39, 0.29) is 28.3 Å². The fourth-order valence-corrected chi connectivity index (χ4v) is 3.81. The van der Waals surface area contributed by atoms with Crippen LogP contribution in [0.25, 0.3) is 0 Å². The van der Waals surface area contributed by atoms with E-state index in [1.165, 1.54) is 0 Å². The third-order valence-electron chi connectivity index (χ3n) is 5.35. The van der Waals surface area contributed by atoms with Gasteiger partial charge in [0, 0.05) is 31.7 Å². The Morgan fingerprint density at radius 2 is 1.62 bits per heavy atom. The summed E-state index contributed by atoms with van der Waals surface area (Å²) in [5, 5.41) is 0.276. The normalized spacial score (nSPS) is 15.0. The summed E-state index contributed by atoms with van der Waals surface area (Å²) in [7, 11) is 0. The lowest BCUT2D eigenvalue weighted by Gasteiger charge is -2.35. The predicted octanol–water partition coefficient (Wildman–Crippen LogP) is 4.27. The maximum Gasteiger partial charge on any atom is 0.410 e. The van der Waals surface area contributed by atoms with Crippen molar-refractivity contribution in [1.29, 1.82) is 0 Å². The summed E-state index contributed by atoms with van der Waals surface area (Å²) in [4.78, 5) is 40.4. The number of amides is 3. The number of hydrogen-bond acceptors (Lipinski definition) is 5. The molecule has 9 heteroatoms. The predicted molar refractivity (Wildman–Crippen MR) is 129 cm³/mol. The Morgan fingerprint density at radius 1 is 1.00 bits per heavy atom. The van der Waals surface area contributed by atoms with Crippen molar-refractivity contribution >= 4 is 29.5 Å². The van der Waals surface area contributed by atoms with Gasteiger partial charge in [0.2, 0.25) is 0 Å². The van der Waals surface area contributed by atoms with E-state index >= 15 is 0 Å². The van der Waals surface area contributed by atoms with Crippen LogP contribution in [0.15, 0.2) is 42.5 Å². The van der Waals surface area contributed by atoms with Crippen molar-refractivity contribution in [3.63, 3.8) is 0 Å². The lowest BCUT2D eigenvalue weighted by atomic mass is 10.1. The van der Waals surface area contributed by atoms with Gasteiger partial charge in [-0.2, -0.15) is 0 Å². The van der Waals surface area contributed by atoms with Crippen molar-refractivity contribution in [2.75, 3.05) is 26.2 Å². The number of nitrogens with two attached hydrogens (primary N) is 1. The molecule has 1 saturated heterocycles. The van der Waals surface area contributed by atoms with Crippen LogP contribution in [0.2, 0.25) is 5.02 Å². The van der Waals surface area contributed by atoms with Crippen molar-refractivity contribution in [2.24, 2.45) is 5.73 Å². The van der Waals surface area contributed by atoms with Gasteiger partial charge in [-0.15, -0.1) is 0 Å². The summed E-state index contributed by atoms with van der Waals surface area (Å²) >= 11 is 6.23. The lowest BCUT2D eigenvalue weighted by molar-refractivity contribution is 0.0141. The molecule has 182 valence electrons. The fourth-order valence-electron chi connectivity index (χ4n) is 3.59. The molecule has 34 heavy (non-hydrogen) atoms. The Kier molecular flexibility index (Phi) is 7.71. The second-order valence-electron chi connectivity index (χ2n) is 9.13. The number of piperazine rings is 1. The van der Waals surface area contributed by atoms with Crippen LogP contribution < -0.4 is 10.5 Å². The van der Waals surface area contributed by atoms with E-state index in [1.807, 2.05) is 26.8 Å². The minimum Gasteiger partial charge on any atom is -0.484 e. The highest BCUT2D eigenvalue weighted by Gasteiger charge is 2.28. The number of halogens is 1. The molecule has 2 N–H and O–H groups in total. The van der Waals surface area contributed by atoms with Gasteiger partial charge in [-0.3, -0.25) is 9.59 Å². The molecule has 2 aromatic carbocycles. The molecule has 8 nitrogen and oxygen atoms in total. The highest BCUT2D eigenvalue weighted by atomic mass is 35.5. The number of primary amides is 1. The van der Waals surface area contributed by atoms with E-state index in [2.05, 4.69) is 0 Å². The Bertz CT molecular complexity index is 1070. The van der Waals surface area contributed by atoms with Gasteiger partial charge in [0.1, 0.15) is 11.7 Å². The van der Waals surface area contributed by atoms with E-state index in [0.717, 1.165) is 5.56 Å². The topological polar surface area (TPSA) is 102 Å². The first-order valence-corrected chi connectivity index (χ1v) is 11.5. The van der Waals surface area contributed by atoms with Crippen LogP contribution in [-0.2, 0) is 4.74 Å². The van der Waals surface area contributed by atoms with Crippen molar-refractivity contribution in [2.45, 2.75) is 39.4 Å². The Balaban J connectivity index is 1.67. The average molecular weight is 488 g/mol. The molecule has 2 aromatic rings. The van der Waals surface area contributed by atoms with E-state index in [1.54, 1.807) is 53.1 Å². The van der Waals surface area contributed by atoms with Crippen LogP contribution in [0.3, 0.4) is 0 Å². The zero-order valence-electron chi connectivity index (χ0n) is 19.8. The van der Waals surface area contributed by atoms with Gasteiger partial charge in [0.05, 0.1) is 10.6 Å². The van der Waals surface area contributed by atoms with Gasteiger partial charge >= 0.3 is 6.09 Å². The molecule has 1 aliphatic heterocycles. The molecule has 0 saturated carbocycles. The van der Waals surface area contributed by atoms with Crippen molar-refractivity contribution < 1.29 is 23.9 Å². The molecule has 0 aromatic heterocycles. The van der Waals surface area contributed by atoms with Gasteiger partial charge < -0.3 is 25.0 Å². The maximum absolute atomic E-state index is 13.1. The molecule has 0 radical (unpaired) electrons. The number of benzene rings is 2. The van der Waals surface area contributed by atoms with Gasteiger partial charge in [-0.05, 0) is 57.5 Å². The number of ether oxygens (including phenoxy) is 2. The van der Waals surface area contributed by atoms with Crippen LogP contribution in [-0.4, -0.2) is 59.5 Å². The summed E-state index contributed by atoms with van der Waals surface area (Å²) < 4.78 is 11.4. The number of carbonyl (C=O) groups is 3. The number of rotatable bonds is 5. The summed E-state index contributed by atoms with van der Waals surface area (Å²) in [5.41, 5.74) is 6.32. The molecule has 1 heterocycles. The van der Waals surface area contributed by atoms with E-state index < -0.39 is 17.6 Å². The molecule has 1 unspecified atom stereocenters. The molecule has 1 atom stereocenters. The largest absolute Gasteiger partial charge is 0.484 e. The molecule has 0 aliphatic carbocycles. The summed E-state index contributed by atoms with van der Waals surface area (Å²) in [6.07, 6.45) is -0.864. The number of carbonyl (C=O) groups excluding carboxylic acids is 3. The minimum absolute atomic E-state index is 0.131. The first-order chi connectivity index (χ1) is 16.0. The summed E-state index contributed by atoms with van der Waals surface area (Å²) in [5.74, 6) is -0.563. The van der Waals surface area contributed by atoms with Gasteiger partial charge in [-0.25, -0.2) is 4.79 Å². The SMILES string of the molecule is CC(Oc1c(Cl)cccc1C(N)=O)c1cccc(C(=O)N2CCN(C(=O)OC(C)(C)C)CC2)c1. The molecule has 3 amide bonds. The number of para-hydroxylation sites is 1. The summed E-state index contributed by atoms with van der Waals surface area (Å²) in [6.45, 7) is 8.90. The van der Waals surface area contributed by atoms with Gasteiger partial charge in [0.15, 0.2) is 5.75 Å². The maximum atomic E-state index is 13.1. The Labute approximate surface area is 204 Å². The van der Waals surface area contributed by atoms with Crippen molar-refractivity contribution in [3.8, 4) is 5.75 Å². The third-order valence-corrected chi connectivity index (χ3v) is 5.65. The van der Waals surface area contributed by atoms with E-state index in [4.69, 9.17) is 26.8 Å². The quantitative estimate of drug-likeness (QED) is 0.678. The number of hydrogen-bond donors (Lipinski definition) is 1. The van der Waals surface area contributed by atoms with Crippen LogP contribution in [0.1, 0.15) is 60.1 Å². The van der Waals surface area contributed by atoms with E-state index in [9.17, 15) is 14.4 Å². The zero-order valence-corrected chi connectivity index (χ0v) is 20.6. The smallest absolute Gasteiger partial charge is 0.410 e. The molecule has 1 aliphatic rings. The second-order valence-corrected chi connectivity index (χ2v) is 9.53. The first kappa shape index (κ1) is 25.4. The molecular formula is C25H30ClN3O5. The standard InChI is InChI=1S/C25H30ClN3O5/c1-16(33-21-19(22(27)30)9-6-10-20(21)26)17-7-5-8-18(15-17)23(31)28-11-13-29(14-12-28)24(32)34-25(2,3)4/h5-10,15-16H,11-14H2,1-4H3,(H2,27,30). The summed E-state index contributed by atoms with van der Waals surface area (Å²) in [6, 6.07) is 11.9. The molecular weight excluding hydrogens is 458 g/mol. The Hall–Kier alpha value is -3.26. The second kappa shape index (κ2) is 10.3. The molecule has 1 fully saturated rings. The zero-order chi connectivity index (χ0) is 25.0. The van der Waals surface area contributed by atoms with Crippen molar-refractivity contribution in [3.05, 3.63) is 64.2 Å². The highest BCUT2D eigenvalue weighted by molar-refractivity contribution is 6.32.